The smallest absolute Gasteiger partial charge is 0.243 e. The van der Waals surface area contributed by atoms with Crippen molar-refractivity contribution in [3.8, 4) is 0 Å². The number of hydrogen-bond acceptors (Lipinski definition) is 4. The van der Waals surface area contributed by atoms with E-state index < -0.39 is 6.04 Å². The number of halogens is 2. The van der Waals surface area contributed by atoms with E-state index in [0.717, 1.165) is 21.9 Å². The van der Waals surface area contributed by atoms with Crippen LogP contribution in [0.5, 0.6) is 0 Å². The van der Waals surface area contributed by atoms with Gasteiger partial charge in [0.15, 0.2) is 5.13 Å². The molecule has 1 amide bonds. The summed E-state index contributed by atoms with van der Waals surface area (Å²) in [5.74, 6) is -0.102. The van der Waals surface area contributed by atoms with E-state index in [4.69, 9.17) is 17.3 Å². The fourth-order valence-corrected chi connectivity index (χ4v) is 3.05. The predicted molar refractivity (Wildman–Crippen MR) is 99.8 cm³/mol. The lowest BCUT2D eigenvalue weighted by atomic mass is 10.1. The predicted octanol–water partition coefficient (Wildman–Crippen LogP) is 4.04. The molecule has 0 saturated carbocycles. The summed E-state index contributed by atoms with van der Waals surface area (Å²) in [6.45, 7) is 5.87. The molecule has 1 heterocycles. The van der Waals surface area contributed by atoms with Crippen molar-refractivity contribution in [2.45, 2.75) is 33.2 Å². The molecule has 2 aromatic rings. The third-order valence-electron chi connectivity index (χ3n) is 3.47. The number of rotatable bonds is 5. The van der Waals surface area contributed by atoms with E-state index in [0.29, 0.717) is 5.13 Å². The molecule has 0 bridgehead atoms. The summed E-state index contributed by atoms with van der Waals surface area (Å²) < 4.78 is 0. The molecule has 0 aliphatic heterocycles. The molecule has 4 nitrogen and oxygen atoms in total. The van der Waals surface area contributed by atoms with Crippen LogP contribution in [0.4, 0.5) is 5.13 Å². The van der Waals surface area contributed by atoms with Gasteiger partial charge in [-0.2, -0.15) is 0 Å². The second-order valence-electron chi connectivity index (χ2n) is 5.64. The Hall–Kier alpha value is -1.14. The van der Waals surface area contributed by atoms with E-state index in [1.807, 2.05) is 39.0 Å². The van der Waals surface area contributed by atoms with Gasteiger partial charge in [-0.1, -0.05) is 31.5 Å². The number of nitrogens with two attached hydrogens (primary N) is 1. The monoisotopic (exact) mass is 373 g/mol. The largest absolute Gasteiger partial charge is 0.320 e. The van der Waals surface area contributed by atoms with Crippen LogP contribution < -0.4 is 11.1 Å². The molecule has 2 rings (SSSR count). The van der Waals surface area contributed by atoms with Gasteiger partial charge in [0, 0.05) is 22.5 Å². The van der Waals surface area contributed by atoms with Gasteiger partial charge in [0.1, 0.15) is 0 Å². The van der Waals surface area contributed by atoms with Gasteiger partial charge in [-0.25, -0.2) is 4.98 Å². The summed E-state index contributed by atoms with van der Waals surface area (Å²) in [4.78, 5) is 17.3. The van der Waals surface area contributed by atoms with Gasteiger partial charge in [-0.15, -0.1) is 23.7 Å². The number of aryl methyl sites for hydroxylation is 1. The lowest BCUT2D eigenvalue weighted by molar-refractivity contribution is -0.118. The molecule has 23 heavy (non-hydrogen) atoms. The van der Waals surface area contributed by atoms with Gasteiger partial charge in [0.05, 0.1) is 6.04 Å². The lowest BCUT2D eigenvalue weighted by Crippen LogP contribution is -2.39. The standard InChI is InChI=1S/C16H20ClN3OS.ClH/c1-9(2)14(18)15(21)20-16-19-8-13(22-16)7-11-4-5-12(17)6-10(11)3;/h4-6,8-9,14H,7,18H2,1-3H3,(H,19,20,21);1H/t14-;/m0./s1. The van der Waals surface area contributed by atoms with E-state index in [2.05, 4.69) is 10.3 Å². The van der Waals surface area contributed by atoms with Crippen molar-refractivity contribution in [3.05, 3.63) is 45.4 Å². The fourth-order valence-electron chi connectivity index (χ4n) is 1.98. The first kappa shape index (κ1) is 19.9. The normalized spacial score (nSPS) is 11.9. The van der Waals surface area contributed by atoms with E-state index in [1.165, 1.54) is 16.9 Å². The number of carbonyl (C=O) groups is 1. The first-order valence-corrected chi connectivity index (χ1v) is 8.32. The number of benzene rings is 1. The van der Waals surface area contributed by atoms with Crippen LogP contribution >= 0.6 is 35.3 Å². The Labute approximate surface area is 151 Å². The second-order valence-corrected chi connectivity index (χ2v) is 7.19. The molecule has 0 aliphatic rings. The highest BCUT2D eigenvalue weighted by Gasteiger charge is 2.18. The number of thiazole rings is 1. The van der Waals surface area contributed by atoms with Crippen molar-refractivity contribution in [2.75, 3.05) is 5.32 Å². The Morgan fingerprint density at radius 3 is 2.74 bits per heavy atom. The summed E-state index contributed by atoms with van der Waals surface area (Å²) in [5.41, 5.74) is 8.17. The van der Waals surface area contributed by atoms with Crippen LogP contribution in [0.3, 0.4) is 0 Å². The molecule has 7 heteroatoms. The summed E-state index contributed by atoms with van der Waals surface area (Å²) in [6, 6.07) is 5.33. The first-order chi connectivity index (χ1) is 10.4. The van der Waals surface area contributed by atoms with Gasteiger partial charge in [-0.05, 0) is 36.1 Å². The number of nitrogens with zero attached hydrogens (tertiary/aromatic N) is 1. The quantitative estimate of drug-likeness (QED) is 0.830. The summed E-state index contributed by atoms with van der Waals surface area (Å²) in [7, 11) is 0. The third kappa shape index (κ3) is 5.46. The average molecular weight is 374 g/mol. The molecular weight excluding hydrogens is 353 g/mol. The first-order valence-electron chi connectivity index (χ1n) is 7.13. The fraction of sp³-hybridized carbons (Fsp3) is 0.375. The maximum absolute atomic E-state index is 11.9. The molecular formula is C16H21Cl2N3OS. The zero-order valence-electron chi connectivity index (χ0n) is 13.3. The Morgan fingerprint density at radius 1 is 1.43 bits per heavy atom. The minimum Gasteiger partial charge on any atom is -0.320 e. The van der Waals surface area contributed by atoms with Crippen molar-refractivity contribution in [1.29, 1.82) is 0 Å². The molecule has 0 unspecified atom stereocenters. The molecule has 126 valence electrons. The Kier molecular flexibility index (Phi) is 7.48. The highest BCUT2D eigenvalue weighted by molar-refractivity contribution is 7.15. The SMILES string of the molecule is Cc1cc(Cl)ccc1Cc1cnc(NC(=O)[C@@H](N)C(C)C)s1.Cl. The van der Waals surface area contributed by atoms with Crippen molar-refractivity contribution in [1.82, 2.24) is 4.98 Å². The maximum atomic E-state index is 11.9. The summed E-state index contributed by atoms with van der Waals surface area (Å²) in [6.07, 6.45) is 2.56. The number of anilines is 1. The van der Waals surface area contributed by atoms with E-state index in [9.17, 15) is 4.79 Å². The van der Waals surface area contributed by atoms with Crippen LogP contribution in [0, 0.1) is 12.8 Å². The molecule has 3 N–H and O–H groups in total. The summed E-state index contributed by atoms with van der Waals surface area (Å²) in [5, 5.41) is 4.10. The van der Waals surface area contributed by atoms with Crippen LogP contribution in [0.25, 0.3) is 0 Å². The minimum absolute atomic E-state index is 0. The highest BCUT2D eigenvalue weighted by Crippen LogP contribution is 2.24. The number of amides is 1. The molecule has 0 spiro atoms. The van der Waals surface area contributed by atoms with Gasteiger partial charge >= 0.3 is 0 Å². The minimum atomic E-state index is -0.522. The molecule has 0 saturated heterocycles. The molecule has 1 atom stereocenters. The molecule has 0 aliphatic carbocycles. The Morgan fingerprint density at radius 2 is 2.13 bits per heavy atom. The Balaban J connectivity index is 0.00000264. The number of nitrogens with one attached hydrogen (secondary N) is 1. The molecule has 1 aromatic carbocycles. The lowest BCUT2D eigenvalue weighted by Gasteiger charge is -2.13. The van der Waals surface area contributed by atoms with Crippen LogP contribution in [-0.4, -0.2) is 16.9 Å². The van der Waals surface area contributed by atoms with Gasteiger partial charge < -0.3 is 11.1 Å². The van der Waals surface area contributed by atoms with Crippen molar-refractivity contribution >= 4 is 46.4 Å². The molecule has 0 radical (unpaired) electrons. The topological polar surface area (TPSA) is 68.0 Å². The van der Waals surface area contributed by atoms with E-state index in [-0.39, 0.29) is 24.2 Å². The second kappa shape index (κ2) is 8.64. The number of carbonyl (C=O) groups excluding carboxylic acids is 1. The van der Waals surface area contributed by atoms with Crippen molar-refractivity contribution in [2.24, 2.45) is 11.7 Å². The Bertz CT molecular complexity index is 673. The van der Waals surface area contributed by atoms with Crippen LogP contribution in [0.2, 0.25) is 5.02 Å². The van der Waals surface area contributed by atoms with Crippen LogP contribution in [0.1, 0.15) is 29.9 Å². The van der Waals surface area contributed by atoms with Gasteiger partial charge in [0.25, 0.3) is 0 Å². The number of hydrogen-bond donors (Lipinski definition) is 2. The van der Waals surface area contributed by atoms with Gasteiger partial charge in [0.2, 0.25) is 5.91 Å². The zero-order valence-corrected chi connectivity index (χ0v) is 15.7. The molecule has 0 fully saturated rings. The van der Waals surface area contributed by atoms with Crippen molar-refractivity contribution < 1.29 is 4.79 Å². The maximum Gasteiger partial charge on any atom is 0.243 e. The van der Waals surface area contributed by atoms with Crippen molar-refractivity contribution in [3.63, 3.8) is 0 Å². The van der Waals surface area contributed by atoms with Gasteiger partial charge in [-0.3, -0.25) is 4.79 Å². The van der Waals surface area contributed by atoms with E-state index >= 15 is 0 Å². The number of aromatic nitrogens is 1. The van der Waals surface area contributed by atoms with Crippen LogP contribution in [-0.2, 0) is 11.2 Å². The third-order valence-corrected chi connectivity index (χ3v) is 4.62. The zero-order chi connectivity index (χ0) is 16.3. The highest BCUT2D eigenvalue weighted by atomic mass is 35.5. The summed E-state index contributed by atoms with van der Waals surface area (Å²) >= 11 is 7.43. The van der Waals surface area contributed by atoms with Crippen LogP contribution in [0.15, 0.2) is 24.4 Å². The van der Waals surface area contributed by atoms with E-state index in [1.54, 1.807) is 6.20 Å². The average Bonchev–Trinajstić information content (AvgIpc) is 2.88. The molecule has 1 aromatic heterocycles.